The van der Waals surface area contributed by atoms with Crippen LogP contribution in [-0.4, -0.2) is 36.0 Å². The van der Waals surface area contributed by atoms with Crippen molar-refractivity contribution in [1.29, 1.82) is 0 Å². The van der Waals surface area contributed by atoms with Gasteiger partial charge < -0.3 is 15.1 Å². The molecule has 0 spiro atoms. The number of unbranched alkanes of at least 4 members (excludes halogenated alkanes) is 1. The van der Waals surface area contributed by atoms with Crippen LogP contribution in [0.25, 0.3) is 10.8 Å². The normalized spacial score (nSPS) is 11.2. The van der Waals surface area contributed by atoms with Crippen molar-refractivity contribution in [2.24, 2.45) is 4.99 Å². The summed E-state index contributed by atoms with van der Waals surface area (Å²) < 4.78 is 5.51. The smallest absolute Gasteiger partial charge is 0.236 e. The number of aromatic nitrogens is 1. The Morgan fingerprint density at radius 1 is 1.38 bits per heavy atom. The van der Waals surface area contributed by atoms with E-state index >= 15 is 0 Å². The van der Waals surface area contributed by atoms with Crippen LogP contribution < -0.4 is 10.6 Å². The molecule has 2 N–H and O–H groups in total. The van der Waals surface area contributed by atoms with Gasteiger partial charge in [0.05, 0.1) is 11.4 Å². The average molecular weight is 480 g/mol. The third kappa shape index (κ3) is 7.43. The Balaban J connectivity index is 0.00000288. The van der Waals surface area contributed by atoms with E-state index in [0.29, 0.717) is 12.4 Å². The van der Waals surface area contributed by atoms with E-state index in [2.05, 4.69) is 33.8 Å². The van der Waals surface area contributed by atoms with E-state index in [4.69, 9.17) is 4.42 Å². The summed E-state index contributed by atoms with van der Waals surface area (Å²) >= 11 is 3.51. The first-order chi connectivity index (χ1) is 11.3. The highest BCUT2D eigenvalue weighted by molar-refractivity contribution is 14.0. The number of hydrogen-bond acceptors (Lipinski definition) is 5. The molecule has 0 aliphatic heterocycles. The summed E-state index contributed by atoms with van der Waals surface area (Å²) in [7, 11) is 0. The molecule has 0 aliphatic carbocycles. The van der Waals surface area contributed by atoms with E-state index in [-0.39, 0.29) is 24.0 Å². The number of nitrogens with zero attached hydrogens (tertiary/aromatic N) is 2. The lowest BCUT2D eigenvalue weighted by Gasteiger charge is -2.10. The molecular formula is C16H25IN4OS2. The maximum Gasteiger partial charge on any atom is 0.236 e. The minimum Gasteiger partial charge on any atom is -0.443 e. The van der Waals surface area contributed by atoms with Crippen molar-refractivity contribution < 1.29 is 4.42 Å². The first-order valence-corrected chi connectivity index (χ1v) is 10.1. The molecule has 2 heterocycles. The van der Waals surface area contributed by atoms with Gasteiger partial charge in [-0.15, -0.1) is 35.3 Å². The Labute approximate surface area is 169 Å². The fourth-order valence-corrected chi connectivity index (χ4v) is 3.12. The summed E-state index contributed by atoms with van der Waals surface area (Å²) in [4.78, 5) is 10.1. The summed E-state index contributed by atoms with van der Waals surface area (Å²) in [6, 6.07) is 4.00. The van der Waals surface area contributed by atoms with E-state index in [1.807, 2.05) is 29.3 Å². The second-order valence-corrected chi connectivity index (χ2v) is 6.88. The zero-order valence-corrected chi connectivity index (χ0v) is 18.0. The number of oxazole rings is 1. The maximum atomic E-state index is 5.51. The SMILES string of the molecule is CCNC(=NCc1coc(-c2cccs2)n1)NCCCCSC.I. The van der Waals surface area contributed by atoms with Crippen LogP contribution in [0.2, 0.25) is 0 Å². The van der Waals surface area contributed by atoms with E-state index in [1.54, 1.807) is 17.6 Å². The summed E-state index contributed by atoms with van der Waals surface area (Å²) in [5, 5.41) is 8.63. The van der Waals surface area contributed by atoms with Crippen molar-refractivity contribution in [3.05, 3.63) is 29.5 Å². The van der Waals surface area contributed by atoms with Gasteiger partial charge in [-0.2, -0.15) is 11.8 Å². The van der Waals surface area contributed by atoms with Gasteiger partial charge in [0.2, 0.25) is 5.89 Å². The molecule has 0 bridgehead atoms. The Kier molecular flexibility index (Phi) is 11.2. The summed E-state index contributed by atoms with van der Waals surface area (Å²) in [5.41, 5.74) is 0.841. The van der Waals surface area contributed by atoms with Crippen molar-refractivity contribution in [3.63, 3.8) is 0 Å². The van der Waals surface area contributed by atoms with E-state index < -0.39 is 0 Å². The number of hydrogen-bond donors (Lipinski definition) is 2. The van der Waals surface area contributed by atoms with Crippen molar-refractivity contribution in [1.82, 2.24) is 15.6 Å². The maximum absolute atomic E-state index is 5.51. The van der Waals surface area contributed by atoms with Crippen LogP contribution in [0.15, 0.2) is 33.2 Å². The lowest BCUT2D eigenvalue weighted by molar-refractivity contribution is 0.574. The molecule has 0 saturated carbocycles. The Morgan fingerprint density at radius 2 is 2.25 bits per heavy atom. The van der Waals surface area contributed by atoms with Crippen LogP contribution in [0.3, 0.4) is 0 Å². The molecule has 0 fully saturated rings. The Morgan fingerprint density at radius 3 is 2.96 bits per heavy atom. The molecule has 0 aliphatic rings. The molecule has 0 unspecified atom stereocenters. The third-order valence-electron chi connectivity index (χ3n) is 3.09. The van der Waals surface area contributed by atoms with Gasteiger partial charge in [-0.25, -0.2) is 9.98 Å². The largest absolute Gasteiger partial charge is 0.443 e. The van der Waals surface area contributed by atoms with Crippen LogP contribution in [0, 0.1) is 0 Å². The minimum absolute atomic E-state index is 0. The van der Waals surface area contributed by atoms with Gasteiger partial charge in [0, 0.05) is 13.1 Å². The van der Waals surface area contributed by atoms with Crippen LogP contribution in [0.4, 0.5) is 0 Å². The number of nitrogens with one attached hydrogen (secondary N) is 2. The van der Waals surface area contributed by atoms with Crippen LogP contribution >= 0.6 is 47.1 Å². The molecule has 2 aromatic rings. The van der Waals surface area contributed by atoms with Gasteiger partial charge in [0.1, 0.15) is 12.0 Å². The molecule has 0 radical (unpaired) electrons. The van der Waals surface area contributed by atoms with Crippen molar-refractivity contribution in [2.75, 3.05) is 25.1 Å². The zero-order valence-electron chi connectivity index (χ0n) is 14.1. The van der Waals surface area contributed by atoms with Gasteiger partial charge >= 0.3 is 0 Å². The first-order valence-electron chi connectivity index (χ1n) is 7.83. The quantitative estimate of drug-likeness (QED) is 0.244. The number of thioether (sulfide) groups is 1. The predicted octanol–water partition coefficient (Wildman–Crippen LogP) is 4.22. The summed E-state index contributed by atoms with van der Waals surface area (Å²) in [6.45, 7) is 4.35. The number of thiophene rings is 1. The van der Waals surface area contributed by atoms with Crippen molar-refractivity contribution in [3.8, 4) is 10.8 Å². The van der Waals surface area contributed by atoms with Crippen LogP contribution in [0.1, 0.15) is 25.5 Å². The highest BCUT2D eigenvalue weighted by Crippen LogP contribution is 2.23. The van der Waals surface area contributed by atoms with E-state index in [9.17, 15) is 0 Å². The minimum atomic E-state index is 0. The van der Waals surface area contributed by atoms with Gasteiger partial charge in [0.25, 0.3) is 0 Å². The van der Waals surface area contributed by atoms with Gasteiger partial charge in [-0.3, -0.25) is 0 Å². The molecule has 2 rings (SSSR count). The van der Waals surface area contributed by atoms with Crippen molar-refractivity contribution in [2.45, 2.75) is 26.3 Å². The molecule has 0 saturated heterocycles. The zero-order chi connectivity index (χ0) is 16.3. The van der Waals surface area contributed by atoms with E-state index in [0.717, 1.165) is 36.0 Å². The monoisotopic (exact) mass is 480 g/mol. The van der Waals surface area contributed by atoms with Crippen LogP contribution in [-0.2, 0) is 6.54 Å². The third-order valence-corrected chi connectivity index (χ3v) is 4.65. The summed E-state index contributed by atoms with van der Waals surface area (Å²) in [5.74, 6) is 2.71. The molecule has 134 valence electrons. The standard InChI is InChI=1S/C16H24N4OS2.HI/c1-3-17-16(18-8-4-5-9-22-2)19-11-13-12-21-15(20-13)14-7-6-10-23-14;/h6-7,10,12H,3-5,8-9,11H2,1-2H3,(H2,17,18,19);1H. The Hall–Kier alpha value is -0.740. The topological polar surface area (TPSA) is 62.5 Å². The number of aliphatic imine (C=N–C) groups is 1. The number of rotatable bonds is 9. The number of halogens is 1. The molecule has 8 heteroatoms. The lowest BCUT2D eigenvalue weighted by Crippen LogP contribution is -2.37. The summed E-state index contributed by atoms with van der Waals surface area (Å²) in [6.07, 6.45) is 6.20. The predicted molar refractivity (Wildman–Crippen MR) is 116 cm³/mol. The van der Waals surface area contributed by atoms with Crippen molar-refractivity contribution >= 4 is 53.0 Å². The van der Waals surface area contributed by atoms with Crippen LogP contribution in [0.5, 0.6) is 0 Å². The lowest BCUT2D eigenvalue weighted by atomic mass is 10.3. The molecule has 0 aromatic carbocycles. The Bertz CT molecular complexity index is 587. The molecule has 0 atom stereocenters. The second kappa shape index (κ2) is 12.6. The molecule has 2 aromatic heterocycles. The molecule has 24 heavy (non-hydrogen) atoms. The fraction of sp³-hybridized carbons (Fsp3) is 0.500. The number of guanidine groups is 1. The van der Waals surface area contributed by atoms with E-state index in [1.165, 1.54) is 12.2 Å². The molecule has 5 nitrogen and oxygen atoms in total. The van der Waals surface area contributed by atoms with Gasteiger partial charge in [-0.1, -0.05) is 6.07 Å². The highest BCUT2D eigenvalue weighted by Gasteiger charge is 2.07. The van der Waals surface area contributed by atoms with Gasteiger partial charge in [0.15, 0.2) is 5.96 Å². The second-order valence-electron chi connectivity index (χ2n) is 4.94. The molecular weight excluding hydrogens is 455 g/mol. The average Bonchev–Trinajstić information content (AvgIpc) is 3.23. The molecule has 0 amide bonds. The highest BCUT2D eigenvalue weighted by atomic mass is 127. The fourth-order valence-electron chi connectivity index (χ4n) is 1.97. The first kappa shape index (κ1) is 21.3. The van der Waals surface area contributed by atoms with Gasteiger partial charge in [-0.05, 0) is 43.2 Å².